The van der Waals surface area contributed by atoms with Gasteiger partial charge in [-0.2, -0.15) is 5.10 Å². The number of fused-ring (bicyclic) bond motifs is 1. The molecule has 6 heteroatoms. The predicted molar refractivity (Wildman–Crippen MR) is 148 cm³/mol. The summed E-state index contributed by atoms with van der Waals surface area (Å²) in [5.41, 5.74) is 7.62. The first-order chi connectivity index (χ1) is 18.2. The number of para-hydroxylation sites is 1. The zero-order chi connectivity index (χ0) is 25.4. The molecule has 4 aromatic rings. The first-order valence-electron chi connectivity index (χ1n) is 13.5. The molecule has 2 aliphatic rings. The third-order valence-electron chi connectivity index (χ3n) is 8.12. The van der Waals surface area contributed by atoms with Gasteiger partial charge in [0.15, 0.2) is 11.9 Å². The fraction of sp³-hybridized carbons (Fsp3) is 0.387. The summed E-state index contributed by atoms with van der Waals surface area (Å²) in [6, 6.07) is 18.6. The summed E-state index contributed by atoms with van der Waals surface area (Å²) in [7, 11) is 1.79. The number of aldehydes is 1. The number of methoxy groups -OCH3 is 1. The molecule has 37 heavy (non-hydrogen) atoms. The number of carbonyl (C=O) groups is 1. The predicted octanol–water partition coefficient (Wildman–Crippen LogP) is 6.34. The lowest BCUT2D eigenvalue weighted by Crippen LogP contribution is -2.35. The minimum atomic E-state index is 0.423. The number of rotatable bonds is 7. The smallest absolute Gasteiger partial charge is 0.169 e. The van der Waals surface area contributed by atoms with Crippen molar-refractivity contribution < 1.29 is 9.53 Å². The molecule has 190 valence electrons. The second kappa shape index (κ2) is 10.1. The normalized spacial score (nSPS) is 16.8. The molecule has 0 radical (unpaired) electrons. The van der Waals surface area contributed by atoms with E-state index in [1.807, 2.05) is 22.9 Å². The van der Waals surface area contributed by atoms with Crippen LogP contribution in [-0.4, -0.2) is 47.9 Å². The number of aryl methyl sites for hydroxylation is 1. The highest BCUT2D eigenvalue weighted by molar-refractivity contribution is 6.06. The number of pyridine rings is 1. The van der Waals surface area contributed by atoms with Gasteiger partial charge in [0.25, 0.3) is 0 Å². The topological polar surface area (TPSA) is 60.2 Å². The molecular formula is C31H34N4O2. The molecule has 6 rings (SSSR count). The number of carbonyl (C=O) groups excluding carboxylic acids is 1. The minimum Gasteiger partial charge on any atom is -0.384 e. The maximum Gasteiger partial charge on any atom is 0.169 e. The van der Waals surface area contributed by atoms with Crippen LogP contribution < -0.4 is 4.90 Å². The van der Waals surface area contributed by atoms with E-state index in [1.54, 1.807) is 7.11 Å². The minimum absolute atomic E-state index is 0.423. The number of aromatic nitrogens is 3. The molecule has 0 amide bonds. The van der Waals surface area contributed by atoms with E-state index in [2.05, 4.69) is 48.2 Å². The van der Waals surface area contributed by atoms with Crippen molar-refractivity contribution >= 4 is 23.0 Å². The Balaban J connectivity index is 1.63. The van der Waals surface area contributed by atoms with Crippen molar-refractivity contribution in [2.45, 2.75) is 44.9 Å². The van der Waals surface area contributed by atoms with E-state index >= 15 is 0 Å². The molecule has 2 aromatic carbocycles. The molecule has 0 bridgehead atoms. The van der Waals surface area contributed by atoms with Gasteiger partial charge in [-0.3, -0.25) is 4.79 Å². The number of hydrogen-bond donors (Lipinski definition) is 0. The van der Waals surface area contributed by atoms with E-state index in [4.69, 9.17) is 14.8 Å². The number of anilines is 1. The third kappa shape index (κ3) is 4.33. The van der Waals surface area contributed by atoms with Gasteiger partial charge in [0.2, 0.25) is 0 Å². The molecule has 1 aliphatic carbocycles. The molecule has 2 fully saturated rings. The fourth-order valence-electron chi connectivity index (χ4n) is 5.85. The Morgan fingerprint density at radius 3 is 2.35 bits per heavy atom. The molecule has 1 saturated heterocycles. The number of piperidine rings is 1. The van der Waals surface area contributed by atoms with E-state index in [9.17, 15) is 4.79 Å². The molecule has 0 atom stereocenters. The Labute approximate surface area is 218 Å². The van der Waals surface area contributed by atoms with Crippen LogP contribution in [0.3, 0.4) is 0 Å². The van der Waals surface area contributed by atoms with Crippen LogP contribution in [0, 0.1) is 12.8 Å². The maximum atomic E-state index is 12.6. The quantitative estimate of drug-likeness (QED) is 0.281. The Kier molecular flexibility index (Phi) is 6.51. The van der Waals surface area contributed by atoms with Gasteiger partial charge in [0.1, 0.15) is 5.69 Å². The van der Waals surface area contributed by atoms with E-state index in [0.717, 1.165) is 90.9 Å². The molecule has 3 heterocycles. The molecule has 1 saturated carbocycles. The summed E-state index contributed by atoms with van der Waals surface area (Å²) < 4.78 is 7.42. The van der Waals surface area contributed by atoms with E-state index in [-0.39, 0.29) is 0 Å². The van der Waals surface area contributed by atoms with Crippen molar-refractivity contribution in [1.82, 2.24) is 14.8 Å². The summed E-state index contributed by atoms with van der Waals surface area (Å²) in [5.74, 6) is 0.983. The second-order valence-corrected chi connectivity index (χ2v) is 10.5. The first-order valence-corrected chi connectivity index (χ1v) is 13.5. The highest BCUT2D eigenvalue weighted by atomic mass is 16.5. The summed E-state index contributed by atoms with van der Waals surface area (Å²) in [5, 5.41) is 6.31. The Hall–Kier alpha value is -3.51. The van der Waals surface area contributed by atoms with Crippen LogP contribution in [0.4, 0.5) is 5.69 Å². The van der Waals surface area contributed by atoms with Gasteiger partial charge in [-0.1, -0.05) is 54.4 Å². The average molecular weight is 495 g/mol. The maximum absolute atomic E-state index is 12.6. The van der Waals surface area contributed by atoms with Crippen molar-refractivity contribution in [3.05, 3.63) is 71.5 Å². The van der Waals surface area contributed by atoms with Crippen LogP contribution in [0.5, 0.6) is 0 Å². The summed E-state index contributed by atoms with van der Waals surface area (Å²) in [6.07, 6.45) is 6.56. The van der Waals surface area contributed by atoms with Gasteiger partial charge in [0, 0.05) is 38.3 Å². The summed E-state index contributed by atoms with van der Waals surface area (Å²) in [4.78, 5) is 20.1. The lowest BCUT2D eigenvalue weighted by atomic mass is 9.81. The number of hydrogen-bond acceptors (Lipinski definition) is 5. The number of nitrogens with zero attached hydrogens (tertiary/aromatic N) is 4. The van der Waals surface area contributed by atoms with E-state index in [0.29, 0.717) is 17.5 Å². The zero-order valence-electron chi connectivity index (χ0n) is 21.7. The van der Waals surface area contributed by atoms with Crippen LogP contribution in [-0.2, 0) is 4.74 Å². The molecule has 6 nitrogen and oxygen atoms in total. The van der Waals surface area contributed by atoms with Crippen molar-refractivity contribution in [3.8, 4) is 16.8 Å². The highest BCUT2D eigenvalue weighted by Crippen LogP contribution is 2.47. The Bertz CT molecular complexity index is 1400. The third-order valence-corrected chi connectivity index (χ3v) is 8.12. The lowest BCUT2D eigenvalue weighted by molar-refractivity contribution is 0.112. The van der Waals surface area contributed by atoms with Crippen LogP contribution in [0.15, 0.2) is 54.6 Å². The van der Waals surface area contributed by atoms with Crippen molar-refractivity contribution in [2.24, 2.45) is 5.92 Å². The summed E-state index contributed by atoms with van der Waals surface area (Å²) >= 11 is 0. The monoisotopic (exact) mass is 494 g/mol. The zero-order valence-corrected chi connectivity index (χ0v) is 21.7. The van der Waals surface area contributed by atoms with E-state index in [1.165, 1.54) is 12.0 Å². The number of benzene rings is 2. The van der Waals surface area contributed by atoms with Crippen LogP contribution in [0.25, 0.3) is 27.8 Å². The SMILES string of the molecule is COCC1CCN(c2c(-c3ccc(C)cc3)c(C=O)nc3c2c(C2CCC2)nn3-c2ccccc2)CC1. The molecule has 2 aromatic heterocycles. The van der Waals surface area contributed by atoms with Gasteiger partial charge in [-0.25, -0.2) is 9.67 Å². The summed E-state index contributed by atoms with van der Waals surface area (Å²) in [6.45, 7) is 4.73. The molecule has 0 spiro atoms. The van der Waals surface area contributed by atoms with Gasteiger partial charge in [-0.15, -0.1) is 0 Å². The molecular weight excluding hydrogens is 460 g/mol. The Morgan fingerprint density at radius 2 is 1.73 bits per heavy atom. The second-order valence-electron chi connectivity index (χ2n) is 10.5. The first kappa shape index (κ1) is 23.9. The van der Waals surface area contributed by atoms with Gasteiger partial charge >= 0.3 is 0 Å². The van der Waals surface area contributed by atoms with E-state index < -0.39 is 0 Å². The average Bonchev–Trinajstić information content (AvgIpc) is 3.27. The van der Waals surface area contributed by atoms with Crippen molar-refractivity contribution in [3.63, 3.8) is 0 Å². The lowest BCUT2D eigenvalue weighted by Gasteiger charge is -2.36. The van der Waals surface area contributed by atoms with Gasteiger partial charge < -0.3 is 9.64 Å². The van der Waals surface area contributed by atoms with Crippen molar-refractivity contribution in [2.75, 3.05) is 31.7 Å². The van der Waals surface area contributed by atoms with Gasteiger partial charge in [0.05, 0.1) is 22.5 Å². The fourth-order valence-corrected chi connectivity index (χ4v) is 5.85. The Morgan fingerprint density at radius 1 is 1.00 bits per heavy atom. The van der Waals surface area contributed by atoms with Crippen LogP contribution in [0.1, 0.15) is 59.8 Å². The molecule has 1 aliphatic heterocycles. The standard InChI is InChI=1S/C31H34N4O2/c1-21-11-13-23(14-12-21)27-26(19-36)32-31-28(30(27)34-17-15-22(16-18-34)20-37-2)29(24-7-6-8-24)33-35(31)25-9-4-3-5-10-25/h3-5,9-14,19,22,24H,6-8,15-18,20H2,1-2H3. The van der Waals surface area contributed by atoms with Crippen LogP contribution in [0.2, 0.25) is 0 Å². The molecule has 0 unspecified atom stereocenters. The largest absolute Gasteiger partial charge is 0.384 e. The highest BCUT2D eigenvalue weighted by Gasteiger charge is 2.33. The van der Waals surface area contributed by atoms with Crippen molar-refractivity contribution in [1.29, 1.82) is 0 Å². The van der Waals surface area contributed by atoms with Gasteiger partial charge in [-0.05, 0) is 56.2 Å². The number of ether oxygens (including phenoxy) is 1. The van der Waals surface area contributed by atoms with Crippen LogP contribution >= 0.6 is 0 Å². The molecule has 0 N–H and O–H groups in total.